The summed E-state index contributed by atoms with van der Waals surface area (Å²) >= 11 is 0. The molecule has 7 aromatic carbocycles. The average molecular weight is 679 g/mol. The fraction of sp³-hybridized carbons (Fsp3) is 0.102. The minimum atomic E-state index is -0.542. The number of hydrogen-bond acceptors (Lipinski definition) is 2. The molecule has 0 aliphatic carbocycles. The number of para-hydroxylation sites is 4. The van der Waals surface area contributed by atoms with Crippen molar-refractivity contribution in [2.45, 2.75) is 31.6 Å². The van der Waals surface area contributed by atoms with Crippen LogP contribution in [0.25, 0.3) is 44.1 Å². The Balaban J connectivity index is 1.31. The summed E-state index contributed by atoms with van der Waals surface area (Å²) in [6.07, 6.45) is 0. The van der Waals surface area contributed by atoms with E-state index in [0.29, 0.717) is 0 Å². The highest BCUT2D eigenvalue weighted by molar-refractivity contribution is 6.90. The van der Waals surface area contributed by atoms with Crippen LogP contribution in [-0.2, 0) is 10.8 Å². The van der Waals surface area contributed by atoms with Crippen LogP contribution in [0.15, 0.2) is 162 Å². The van der Waals surface area contributed by atoms with Crippen molar-refractivity contribution in [2.75, 3.05) is 4.90 Å². The fourth-order valence-electron chi connectivity index (χ4n) is 10.2. The summed E-state index contributed by atoms with van der Waals surface area (Å²) in [5.41, 5.74) is 19.2. The fourth-order valence-corrected chi connectivity index (χ4v) is 10.2. The molecule has 0 amide bonds. The summed E-state index contributed by atoms with van der Waals surface area (Å²) in [7, 11) is 0. The predicted molar refractivity (Wildman–Crippen MR) is 220 cm³/mol. The molecule has 0 atom stereocenters. The normalized spacial score (nSPS) is 14.8. The van der Waals surface area contributed by atoms with Gasteiger partial charge in [-0.05, 0) is 80.1 Å². The van der Waals surface area contributed by atoms with E-state index in [1.54, 1.807) is 0 Å². The Hall–Kier alpha value is -6.26. The predicted octanol–water partition coefficient (Wildman–Crippen LogP) is 11.0. The first-order chi connectivity index (χ1) is 26.0. The Morgan fingerprint density at radius 1 is 0.566 bits per heavy atom. The topological polar surface area (TPSA) is 21.3 Å². The van der Waals surface area contributed by atoms with E-state index in [1.807, 2.05) is 0 Å². The van der Waals surface area contributed by atoms with Gasteiger partial charge in [-0.15, -0.1) is 0 Å². The summed E-state index contributed by atoms with van der Waals surface area (Å²) in [6, 6.07) is 58.9. The second-order valence-corrected chi connectivity index (χ2v) is 16.0. The maximum absolute atomic E-state index is 6.78. The number of rotatable bonds is 2. The molecule has 53 heavy (non-hydrogen) atoms. The van der Waals surface area contributed by atoms with Crippen molar-refractivity contribution in [2.24, 2.45) is 0 Å². The van der Waals surface area contributed by atoms with E-state index in [-0.39, 0.29) is 12.3 Å². The molecule has 0 radical (unpaired) electrons. The summed E-state index contributed by atoms with van der Waals surface area (Å²) in [5, 5.41) is 2.32. The molecule has 9 aromatic rings. The Labute approximate surface area is 308 Å². The standard InChI is InChI=1S/C49H35BN2O/c1-48(2,3)32-28-36-33-21-14-22-35-44(33)52(45-34-20-10-13-27-42(34)53-47(35)45)50-39-25-15-24-38-46(39)51(41(29-32)43(36)50)40-26-12-11-23-37(40)49(38,30-16-6-4-7-17-30)31-18-8-5-9-19-31/h4-29H,1-3H3. The van der Waals surface area contributed by atoms with Crippen LogP contribution in [0, 0.1) is 0 Å². The van der Waals surface area contributed by atoms with E-state index in [1.165, 1.54) is 83.4 Å². The van der Waals surface area contributed by atoms with Crippen molar-refractivity contribution in [3.05, 3.63) is 186 Å². The number of aromatic nitrogens is 1. The monoisotopic (exact) mass is 678 g/mol. The van der Waals surface area contributed by atoms with Crippen molar-refractivity contribution in [3.8, 4) is 11.1 Å². The zero-order valence-electron chi connectivity index (χ0n) is 29.9. The van der Waals surface area contributed by atoms with Crippen LogP contribution in [0.3, 0.4) is 0 Å². The third-order valence-electron chi connectivity index (χ3n) is 12.4. The molecule has 0 fully saturated rings. The van der Waals surface area contributed by atoms with Gasteiger partial charge in [-0.1, -0.05) is 148 Å². The molecule has 4 heteroatoms. The molecule has 0 saturated heterocycles. The highest BCUT2D eigenvalue weighted by atomic mass is 16.3. The van der Waals surface area contributed by atoms with Gasteiger partial charge in [0, 0.05) is 33.2 Å². The molecule has 0 unspecified atom stereocenters. The lowest BCUT2D eigenvalue weighted by molar-refractivity contribution is 0.590. The molecule has 12 rings (SSSR count). The van der Waals surface area contributed by atoms with Crippen LogP contribution >= 0.6 is 0 Å². The lowest BCUT2D eigenvalue weighted by atomic mass is 9.43. The molecule has 0 spiro atoms. The van der Waals surface area contributed by atoms with Gasteiger partial charge in [0.25, 0.3) is 0 Å². The molecule has 0 bridgehead atoms. The van der Waals surface area contributed by atoms with E-state index < -0.39 is 5.41 Å². The van der Waals surface area contributed by atoms with Gasteiger partial charge in [-0.3, -0.25) is 0 Å². The number of hydrogen-bond donors (Lipinski definition) is 0. The molecule has 0 saturated carbocycles. The van der Waals surface area contributed by atoms with Gasteiger partial charge in [0.2, 0.25) is 0 Å². The number of nitrogens with zero attached hydrogens (tertiary/aromatic N) is 2. The van der Waals surface area contributed by atoms with Crippen LogP contribution in [0.2, 0.25) is 0 Å². The highest BCUT2D eigenvalue weighted by Gasteiger charge is 2.52. The molecule has 3 aliphatic heterocycles. The zero-order chi connectivity index (χ0) is 35.2. The van der Waals surface area contributed by atoms with Crippen molar-refractivity contribution in [3.63, 3.8) is 0 Å². The zero-order valence-corrected chi connectivity index (χ0v) is 29.9. The largest absolute Gasteiger partial charge is 0.454 e. The van der Waals surface area contributed by atoms with Crippen molar-refractivity contribution in [1.82, 2.24) is 4.48 Å². The van der Waals surface area contributed by atoms with Crippen LogP contribution in [0.5, 0.6) is 0 Å². The minimum absolute atomic E-state index is 0.0642. The van der Waals surface area contributed by atoms with Gasteiger partial charge >= 0.3 is 6.85 Å². The van der Waals surface area contributed by atoms with Crippen molar-refractivity contribution < 1.29 is 4.42 Å². The first-order valence-electron chi connectivity index (χ1n) is 18.7. The average Bonchev–Trinajstić information content (AvgIpc) is 3.73. The van der Waals surface area contributed by atoms with Crippen LogP contribution < -0.4 is 15.8 Å². The molecule has 5 heterocycles. The Morgan fingerprint density at radius 3 is 2.00 bits per heavy atom. The van der Waals surface area contributed by atoms with E-state index >= 15 is 0 Å². The minimum Gasteiger partial charge on any atom is -0.454 e. The SMILES string of the molecule is CC(C)(C)c1cc2c3c(c1)N1c4ccccc4C(c4ccccc4)(c4ccccc4)c4cccc(c41)B3n1c3c-2cccc3c2oc3ccccc3c21. The molecule has 3 aliphatic rings. The van der Waals surface area contributed by atoms with Gasteiger partial charge in [0.1, 0.15) is 5.58 Å². The van der Waals surface area contributed by atoms with Gasteiger partial charge in [-0.25, -0.2) is 0 Å². The van der Waals surface area contributed by atoms with Crippen LogP contribution in [-0.4, -0.2) is 11.3 Å². The molecular weight excluding hydrogens is 643 g/mol. The Kier molecular flexibility index (Phi) is 5.53. The first kappa shape index (κ1) is 29.3. The number of furan rings is 1. The van der Waals surface area contributed by atoms with Crippen LogP contribution in [0.4, 0.5) is 17.1 Å². The summed E-state index contributed by atoms with van der Waals surface area (Å²) in [6.45, 7) is 6.96. The Morgan fingerprint density at radius 2 is 1.23 bits per heavy atom. The van der Waals surface area contributed by atoms with Gasteiger partial charge < -0.3 is 13.8 Å². The third kappa shape index (κ3) is 3.52. The molecule has 3 nitrogen and oxygen atoms in total. The van der Waals surface area contributed by atoms with Crippen LogP contribution in [0.1, 0.15) is 48.6 Å². The third-order valence-corrected chi connectivity index (χ3v) is 12.4. The maximum Gasteiger partial charge on any atom is 0.333 e. The molecular formula is C49H35BN2O. The van der Waals surface area contributed by atoms with Gasteiger partial charge in [0.05, 0.1) is 16.6 Å². The number of fused-ring (bicyclic) bond motifs is 11. The highest BCUT2D eigenvalue weighted by Crippen LogP contribution is 2.59. The second-order valence-electron chi connectivity index (χ2n) is 16.0. The first-order valence-corrected chi connectivity index (χ1v) is 18.7. The summed E-state index contributed by atoms with van der Waals surface area (Å²) in [4.78, 5) is 2.62. The smallest absolute Gasteiger partial charge is 0.333 e. The maximum atomic E-state index is 6.78. The lowest BCUT2D eigenvalue weighted by Gasteiger charge is -2.50. The van der Waals surface area contributed by atoms with Crippen molar-refractivity contribution in [1.29, 1.82) is 0 Å². The van der Waals surface area contributed by atoms with E-state index in [0.717, 1.165) is 16.6 Å². The molecule has 250 valence electrons. The quantitative estimate of drug-likeness (QED) is 0.170. The molecule has 0 N–H and O–H groups in total. The lowest BCUT2D eigenvalue weighted by Crippen LogP contribution is -2.58. The van der Waals surface area contributed by atoms with E-state index in [2.05, 4.69) is 188 Å². The van der Waals surface area contributed by atoms with Gasteiger partial charge in [0.15, 0.2) is 5.58 Å². The number of anilines is 3. The summed E-state index contributed by atoms with van der Waals surface area (Å²) in [5.74, 6) is 0. The number of benzene rings is 7. The molecule has 2 aromatic heterocycles. The summed E-state index contributed by atoms with van der Waals surface area (Å²) < 4.78 is 9.41. The van der Waals surface area contributed by atoms with E-state index in [9.17, 15) is 0 Å². The Bertz CT molecular complexity index is 2960. The second kappa shape index (κ2) is 9.99. The van der Waals surface area contributed by atoms with Gasteiger partial charge in [-0.2, -0.15) is 0 Å². The van der Waals surface area contributed by atoms with E-state index in [4.69, 9.17) is 4.42 Å². The van der Waals surface area contributed by atoms with Crippen molar-refractivity contribution >= 4 is 67.8 Å².